The second-order valence-electron chi connectivity index (χ2n) is 5.69. The summed E-state index contributed by atoms with van der Waals surface area (Å²) in [5.41, 5.74) is 0.219. The third-order valence-corrected chi connectivity index (χ3v) is 4.16. The average Bonchev–Trinajstić information content (AvgIpc) is 3.25. The summed E-state index contributed by atoms with van der Waals surface area (Å²) in [6, 6.07) is 6.67. The summed E-state index contributed by atoms with van der Waals surface area (Å²) < 4.78 is 5.37. The molecule has 1 aliphatic rings. The van der Waals surface area contributed by atoms with Crippen molar-refractivity contribution >= 4 is 11.9 Å². The van der Waals surface area contributed by atoms with E-state index in [1.165, 1.54) is 12.3 Å². The molecule has 0 saturated heterocycles. The minimum Gasteiger partial charge on any atom is -0.477 e. The first kappa shape index (κ1) is 15.3. The maximum atomic E-state index is 12.9. The number of furan rings is 1. The fourth-order valence-corrected chi connectivity index (χ4v) is 3.00. The van der Waals surface area contributed by atoms with Crippen molar-refractivity contribution in [1.29, 1.82) is 0 Å². The van der Waals surface area contributed by atoms with Crippen LogP contribution in [0.3, 0.4) is 0 Å². The third kappa shape index (κ3) is 3.41. The second kappa shape index (κ2) is 6.64. The Morgan fingerprint density at radius 3 is 2.74 bits per heavy atom. The van der Waals surface area contributed by atoms with Gasteiger partial charge in [0.1, 0.15) is 11.5 Å². The van der Waals surface area contributed by atoms with Crippen molar-refractivity contribution in [2.45, 2.75) is 38.3 Å². The van der Waals surface area contributed by atoms with Crippen molar-refractivity contribution < 1.29 is 19.1 Å². The highest BCUT2D eigenvalue weighted by Gasteiger charge is 2.28. The van der Waals surface area contributed by atoms with Crippen LogP contribution in [-0.2, 0) is 6.54 Å². The Labute approximate surface area is 133 Å². The molecule has 0 atom stereocenters. The highest BCUT2D eigenvalue weighted by atomic mass is 16.4. The van der Waals surface area contributed by atoms with Gasteiger partial charge in [-0.2, -0.15) is 0 Å². The number of hydrogen-bond acceptors (Lipinski definition) is 4. The Bertz CT molecular complexity index is 690. The Morgan fingerprint density at radius 2 is 2.09 bits per heavy atom. The minimum absolute atomic E-state index is 0.125. The van der Waals surface area contributed by atoms with Gasteiger partial charge in [0, 0.05) is 17.8 Å². The van der Waals surface area contributed by atoms with Crippen LogP contribution in [0.15, 0.2) is 41.1 Å². The molecule has 1 N–H and O–H groups in total. The number of amides is 1. The zero-order valence-electron chi connectivity index (χ0n) is 12.6. The molecular formula is C17H18N2O4. The molecule has 6 heteroatoms. The van der Waals surface area contributed by atoms with E-state index in [4.69, 9.17) is 9.52 Å². The van der Waals surface area contributed by atoms with Crippen molar-refractivity contribution in [2.75, 3.05) is 0 Å². The van der Waals surface area contributed by atoms with E-state index < -0.39 is 5.97 Å². The molecule has 0 aromatic carbocycles. The van der Waals surface area contributed by atoms with E-state index in [1.54, 1.807) is 23.3 Å². The van der Waals surface area contributed by atoms with Gasteiger partial charge in [0.2, 0.25) is 0 Å². The smallest absolute Gasteiger partial charge is 0.354 e. The van der Waals surface area contributed by atoms with Crippen LogP contribution >= 0.6 is 0 Å². The van der Waals surface area contributed by atoms with Gasteiger partial charge in [0.25, 0.3) is 5.91 Å². The topological polar surface area (TPSA) is 83.6 Å². The molecule has 120 valence electrons. The monoisotopic (exact) mass is 314 g/mol. The molecular weight excluding hydrogens is 296 g/mol. The van der Waals surface area contributed by atoms with Gasteiger partial charge in [-0.1, -0.05) is 12.8 Å². The Morgan fingerprint density at radius 1 is 1.30 bits per heavy atom. The molecule has 0 unspecified atom stereocenters. The van der Waals surface area contributed by atoms with Crippen LogP contribution in [-0.4, -0.2) is 32.9 Å². The lowest BCUT2D eigenvalue weighted by Crippen LogP contribution is -2.38. The van der Waals surface area contributed by atoms with Crippen LogP contribution in [0.4, 0.5) is 0 Å². The van der Waals surface area contributed by atoms with Gasteiger partial charge in [-0.25, -0.2) is 9.78 Å². The summed E-state index contributed by atoms with van der Waals surface area (Å²) in [5, 5.41) is 9.05. The number of carbonyl (C=O) groups is 2. The molecule has 1 amide bonds. The van der Waals surface area contributed by atoms with E-state index in [-0.39, 0.29) is 17.6 Å². The highest BCUT2D eigenvalue weighted by molar-refractivity contribution is 5.96. The van der Waals surface area contributed by atoms with E-state index >= 15 is 0 Å². The van der Waals surface area contributed by atoms with Crippen LogP contribution in [0.2, 0.25) is 0 Å². The number of carboxylic acid groups (broad SMARTS) is 1. The summed E-state index contributed by atoms with van der Waals surface area (Å²) in [7, 11) is 0. The van der Waals surface area contributed by atoms with Crippen LogP contribution in [0, 0.1) is 0 Å². The number of carbonyl (C=O) groups excluding carboxylic acids is 1. The van der Waals surface area contributed by atoms with Gasteiger partial charge in [-0.3, -0.25) is 4.79 Å². The Hall–Kier alpha value is -2.63. The molecule has 0 spiro atoms. The van der Waals surface area contributed by atoms with Gasteiger partial charge in [-0.05, 0) is 37.1 Å². The fourth-order valence-electron chi connectivity index (χ4n) is 3.00. The van der Waals surface area contributed by atoms with Crippen LogP contribution in [0.25, 0.3) is 0 Å². The lowest BCUT2D eigenvalue weighted by atomic mass is 10.1. The zero-order chi connectivity index (χ0) is 16.2. The Kier molecular flexibility index (Phi) is 4.41. The highest BCUT2D eigenvalue weighted by Crippen LogP contribution is 2.26. The molecule has 3 rings (SSSR count). The van der Waals surface area contributed by atoms with Crippen molar-refractivity contribution in [1.82, 2.24) is 9.88 Å². The van der Waals surface area contributed by atoms with Crippen molar-refractivity contribution in [3.8, 4) is 0 Å². The quantitative estimate of drug-likeness (QED) is 0.917. The number of aromatic carboxylic acids is 1. The van der Waals surface area contributed by atoms with Crippen LogP contribution < -0.4 is 0 Å². The van der Waals surface area contributed by atoms with Crippen molar-refractivity contribution in [2.24, 2.45) is 0 Å². The maximum absolute atomic E-state index is 12.9. The molecule has 6 nitrogen and oxygen atoms in total. The molecule has 2 heterocycles. The molecule has 0 aliphatic heterocycles. The summed E-state index contributed by atoms with van der Waals surface area (Å²) in [6.07, 6.45) is 7.07. The largest absolute Gasteiger partial charge is 0.477 e. The first-order valence-corrected chi connectivity index (χ1v) is 7.68. The molecule has 0 bridgehead atoms. The zero-order valence-corrected chi connectivity index (χ0v) is 12.6. The predicted octanol–water partition coefficient (Wildman–Crippen LogP) is 2.96. The first-order chi connectivity index (χ1) is 11.1. The van der Waals surface area contributed by atoms with E-state index in [2.05, 4.69) is 4.98 Å². The molecule has 2 aromatic rings. The van der Waals surface area contributed by atoms with E-state index in [0.29, 0.717) is 12.1 Å². The lowest BCUT2D eigenvalue weighted by Gasteiger charge is -2.28. The normalized spacial score (nSPS) is 14.8. The number of carboxylic acids is 1. The third-order valence-electron chi connectivity index (χ3n) is 4.16. The molecule has 2 aromatic heterocycles. The number of hydrogen-bond donors (Lipinski definition) is 1. The van der Waals surface area contributed by atoms with Gasteiger partial charge in [0.05, 0.1) is 12.8 Å². The van der Waals surface area contributed by atoms with Crippen LogP contribution in [0.5, 0.6) is 0 Å². The fraction of sp³-hybridized carbons (Fsp3) is 0.353. The first-order valence-electron chi connectivity index (χ1n) is 7.68. The van der Waals surface area contributed by atoms with Crippen molar-refractivity contribution in [3.63, 3.8) is 0 Å². The maximum Gasteiger partial charge on any atom is 0.354 e. The number of rotatable bonds is 5. The average molecular weight is 314 g/mol. The van der Waals surface area contributed by atoms with E-state index in [0.717, 1.165) is 31.4 Å². The molecule has 1 aliphatic carbocycles. The molecule has 0 radical (unpaired) electrons. The predicted molar refractivity (Wildman–Crippen MR) is 82.0 cm³/mol. The van der Waals surface area contributed by atoms with Gasteiger partial charge >= 0.3 is 5.97 Å². The molecule has 1 saturated carbocycles. The summed E-state index contributed by atoms with van der Waals surface area (Å²) in [4.78, 5) is 29.5. The number of aromatic nitrogens is 1. The molecule has 1 fully saturated rings. The Balaban J connectivity index is 1.87. The number of pyridine rings is 1. The van der Waals surface area contributed by atoms with Crippen LogP contribution in [0.1, 0.15) is 52.3 Å². The van der Waals surface area contributed by atoms with Gasteiger partial charge < -0.3 is 14.4 Å². The summed E-state index contributed by atoms with van der Waals surface area (Å²) >= 11 is 0. The lowest BCUT2D eigenvalue weighted by molar-refractivity contribution is 0.0648. The second-order valence-corrected chi connectivity index (χ2v) is 5.69. The summed E-state index contributed by atoms with van der Waals surface area (Å²) in [6.45, 7) is 0.390. The number of nitrogens with zero attached hydrogens (tertiary/aromatic N) is 2. The van der Waals surface area contributed by atoms with Gasteiger partial charge in [0.15, 0.2) is 0 Å². The van der Waals surface area contributed by atoms with E-state index in [1.807, 2.05) is 6.07 Å². The van der Waals surface area contributed by atoms with E-state index in [9.17, 15) is 9.59 Å². The minimum atomic E-state index is -1.14. The van der Waals surface area contributed by atoms with Crippen molar-refractivity contribution in [3.05, 3.63) is 53.7 Å². The standard InChI is InChI=1S/C17H18N2O4/c20-16(12-7-8-18-15(10-12)17(21)22)19(13-4-1-2-5-13)11-14-6-3-9-23-14/h3,6-10,13H,1-2,4-5,11H2,(H,21,22). The molecule has 23 heavy (non-hydrogen) atoms. The van der Waals surface area contributed by atoms with Gasteiger partial charge in [-0.15, -0.1) is 0 Å². The summed E-state index contributed by atoms with van der Waals surface area (Å²) in [5.74, 6) is -0.603. The SMILES string of the molecule is O=C(O)c1cc(C(=O)N(Cc2ccco2)C2CCCC2)ccn1.